The highest BCUT2D eigenvalue weighted by atomic mass is 32.1. The van der Waals surface area contributed by atoms with E-state index >= 15 is 0 Å². The molecule has 2 heterocycles. The number of piperidine rings is 1. The average Bonchev–Trinajstić information content (AvgIpc) is 3.29. The minimum Gasteiger partial charge on any atom is -0.497 e. The number of anilines is 1. The first-order valence-electron chi connectivity index (χ1n) is 10.4. The monoisotopic (exact) mass is 420 g/mol. The molecule has 0 saturated carbocycles. The number of aryl methyl sites for hydroxylation is 1. The zero-order chi connectivity index (χ0) is 20.9. The third-order valence-corrected chi connectivity index (χ3v) is 6.61. The topological polar surface area (TPSA) is 32.8 Å². The molecule has 4 rings (SSSR count). The van der Waals surface area contributed by atoms with Gasteiger partial charge in [0.25, 0.3) is 5.91 Å². The number of benzene rings is 2. The van der Waals surface area contributed by atoms with Crippen LogP contribution in [0.2, 0.25) is 0 Å². The Morgan fingerprint density at radius 3 is 2.37 bits per heavy atom. The Hall–Kier alpha value is -2.63. The SMILES string of the molecule is COc1ccc(N(C(=O)c2ccc(C)cc2)C2CCN(Cc3cccs3)CC2)cc1. The van der Waals surface area contributed by atoms with Gasteiger partial charge in [0, 0.05) is 41.8 Å². The van der Waals surface area contributed by atoms with Crippen LogP contribution in [-0.2, 0) is 6.54 Å². The number of nitrogens with zero attached hydrogens (tertiary/aromatic N) is 2. The number of methoxy groups -OCH3 is 1. The first kappa shape index (κ1) is 20.6. The van der Waals surface area contributed by atoms with Crippen molar-refractivity contribution in [1.82, 2.24) is 4.90 Å². The lowest BCUT2D eigenvalue weighted by Gasteiger charge is -2.38. The molecule has 4 nitrogen and oxygen atoms in total. The van der Waals surface area contributed by atoms with Gasteiger partial charge in [-0.15, -0.1) is 11.3 Å². The van der Waals surface area contributed by atoms with Crippen LogP contribution >= 0.6 is 11.3 Å². The quantitative estimate of drug-likeness (QED) is 0.537. The van der Waals surface area contributed by atoms with Crippen LogP contribution in [0, 0.1) is 6.92 Å². The van der Waals surface area contributed by atoms with Crippen LogP contribution in [0.3, 0.4) is 0 Å². The molecule has 1 aliphatic rings. The van der Waals surface area contributed by atoms with Crippen LogP contribution < -0.4 is 9.64 Å². The van der Waals surface area contributed by atoms with E-state index in [-0.39, 0.29) is 11.9 Å². The molecule has 0 bridgehead atoms. The Labute approximate surface area is 182 Å². The Kier molecular flexibility index (Phi) is 6.50. The van der Waals surface area contributed by atoms with Gasteiger partial charge in [-0.2, -0.15) is 0 Å². The molecule has 30 heavy (non-hydrogen) atoms. The lowest BCUT2D eigenvalue weighted by Crippen LogP contribution is -2.47. The molecule has 1 amide bonds. The fourth-order valence-corrected chi connectivity index (χ4v) is 4.78. The molecule has 1 fully saturated rings. The summed E-state index contributed by atoms with van der Waals surface area (Å²) >= 11 is 1.81. The summed E-state index contributed by atoms with van der Waals surface area (Å²) in [5, 5.41) is 2.13. The third kappa shape index (κ3) is 4.74. The summed E-state index contributed by atoms with van der Waals surface area (Å²) in [4.78, 5) is 19.4. The van der Waals surface area contributed by atoms with Crippen molar-refractivity contribution in [3.63, 3.8) is 0 Å². The summed E-state index contributed by atoms with van der Waals surface area (Å²) in [6, 6.07) is 20.2. The van der Waals surface area contributed by atoms with E-state index in [4.69, 9.17) is 4.74 Å². The molecule has 3 aromatic rings. The number of ether oxygens (including phenoxy) is 1. The zero-order valence-corrected chi connectivity index (χ0v) is 18.4. The van der Waals surface area contributed by atoms with Crippen LogP contribution in [0.5, 0.6) is 5.75 Å². The van der Waals surface area contributed by atoms with Crippen molar-refractivity contribution in [2.24, 2.45) is 0 Å². The number of carbonyl (C=O) groups excluding carboxylic acids is 1. The predicted octanol–water partition coefficient (Wildman–Crippen LogP) is 5.38. The molecule has 0 unspecified atom stereocenters. The Morgan fingerprint density at radius 2 is 1.77 bits per heavy atom. The number of hydrogen-bond donors (Lipinski definition) is 0. The summed E-state index contributed by atoms with van der Waals surface area (Å²) in [5.74, 6) is 0.865. The second-order valence-electron chi connectivity index (χ2n) is 7.83. The molecule has 1 saturated heterocycles. The Balaban J connectivity index is 1.54. The van der Waals surface area contributed by atoms with Gasteiger partial charge >= 0.3 is 0 Å². The van der Waals surface area contributed by atoms with Crippen LogP contribution in [0.4, 0.5) is 5.69 Å². The first-order chi connectivity index (χ1) is 14.6. The molecule has 5 heteroatoms. The molecular weight excluding hydrogens is 392 g/mol. The summed E-state index contributed by atoms with van der Waals surface area (Å²) in [6.07, 6.45) is 1.93. The molecule has 0 aliphatic carbocycles. The van der Waals surface area contributed by atoms with Gasteiger partial charge in [0.1, 0.15) is 5.75 Å². The van der Waals surface area contributed by atoms with Crippen LogP contribution in [0.1, 0.15) is 33.6 Å². The molecule has 1 aromatic heterocycles. The molecule has 0 spiro atoms. The van der Waals surface area contributed by atoms with Crippen molar-refractivity contribution in [2.45, 2.75) is 32.4 Å². The lowest BCUT2D eigenvalue weighted by molar-refractivity contribution is 0.0959. The van der Waals surface area contributed by atoms with Gasteiger partial charge < -0.3 is 9.64 Å². The van der Waals surface area contributed by atoms with E-state index in [0.29, 0.717) is 0 Å². The van der Waals surface area contributed by atoms with Crippen LogP contribution in [0.25, 0.3) is 0 Å². The summed E-state index contributed by atoms with van der Waals surface area (Å²) in [6.45, 7) is 5.03. The van der Waals surface area contributed by atoms with Crippen LogP contribution in [-0.4, -0.2) is 37.0 Å². The van der Waals surface area contributed by atoms with E-state index in [2.05, 4.69) is 22.4 Å². The van der Waals surface area contributed by atoms with Gasteiger partial charge in [-0.05, 0) is 67.6 Å². The molecule has 0 radical (unpaired) electrons. The molecule has 2 aromatic carbocycles. The predicted molar refractivity (Wildman–Crippen MR) is 124 cm³/mol. The van der Waals surface area contributed by atoms with Gasteiger partial charge in [-0.1, -0.05) is 23.8 Å². The largest absolute Gasteiger partial charge is 0.497 e. The van der Waals surface area contributed by atoms with Crippen molar-refractivity contribution in [2.75, 3.05) is 25.1 Å². The van der Waals surface area contributed by atoms with E-state index in [0.717, 1.165) is 55.0 Å². The molecule has 0 N–H and O–H groups in total. The van der Waals surface area contributed by atoms with Gasteiger partial charge in [-0.3, -0.25) is 9.69 Å². The van der Waals surface area contributed by atoms with Gasteiger partial charge in [0.05, 0.1) is 7.11 Å². The fraction of sp³-hybridized carbons (Fsp3) is 0.320. The Bertz CT molecular complexity index is 944. The minimum atomic E-state index is 0.0665. The smallest absolute Gasteiger partial charge is 0.258 e. The molecule has 0 atom stereocenters. The molecule has 156 valence electrons. The molecular formula is C25H28N2O2S. The van der Waals surface area contributed by atoms with E-state index in [9.17, 15) is 4.79 Å². The average molecular weight is 421 g/mol. The summed E-state index contributed by atoms with van der Waals surface area (Å²) in [7, 11) is 1.66. The summed E-state index contributed by atoms with van der Waals surface area (Å²) in [5.41, 5.74) is 2.82. The highest BCUT2D eigenvalue weighted by Crippen LogP contribution is 2.28. The van der Waals surface area contributed by atoms with E-state index in [1.165, 1.54) is 4.88 Å². The highest BCUT2D eigenvalue weighted by molar-refractivity contribution is 7.09. The van der Waals surface area contributed by atoms with Gasteiger partial charge in [0.15, 0.2) is 0 Å². The van der Waals surface area contributed by atoms with E-state index < -0.39 is 0 Å². The third-order valence-electron chi connectivity index (χ3n) is 5.75. The van der Waals surface area contributed by atoms with Crippen LogP contribution in [0.15, 0.2) is 66.0 Å². The number of carbonyl (C=O) groups is 1. The van der Waals surface area contributed by atoms with Crippen molar-refractivity contribution >= 4 is 22.9 Å². The Morgan fingerprint density at radius 1 is 1.07 bits per heavy atom. The lowest BCUT2D eigenvalue weighted by atomic mass is 10.0. The standard InChI is InChI=1S/C25H28N2O2S/c1-19-5-7-20(8-6-19)25(28)27(21-9-11-23(29-2)12-10-21)22-13-15-26(16-14-22)18-24-4-3-17-30-24/h3-12,17,22H,13-16,18H2,1-2H3. The number of likely N-dealkylation sites (tertiary alicyclic amines) is 1. The maximum Gasteiger partial charge on any atom is 0.258 e. The second-order valence-corrected chi connectivity index (χ2v) is 8.86. The van der Waals surface area contributed by atoms with Crippen molar-refractivity contribution < 1.29 is 9.53 Å². The van der Waals surface area contributed by atoms with Crippen molar-refractivity contribution in [3.05, 3.63) is 82.0 Å². The minimum absolute atomic E-state index is 0.0665. The maximum atomic E-state index is 13.5. The number of thiophene rings is 1. The number of amides is 1. The zero-order valence-electron chi connectivity index (χ0n) is 17.6. The highest BCUT2D eigenvalue weighted by Gasteiger charge is 2.30. The van der Waals surface area contributed by atoms with Gasteiger partial charge in [0.2, 0.25) is 0 Å². The van der Waals surface area contributed by atoms with Crippen molar-refractivity contribution in [3.8, 4) is 5.75 Å². The second kappa shape index (κ2) is 9.45. The fourth-order valence-electron chi connectivity index (χ4n) is 4.03. The summed E-state index contributed by atoms with van der Waals surface area (Å²) < 4.78 is 5.31. The van der Waals surface area contributed by atoms with Gasteiger partial charge in [-0.25, -0.2) is 0 Å². The van der Waals surface area contributed by atoms with E-state index in [1.54, 1.807) is 7.11 Å². The van der Waals surface area contributed by atoms with Crippen molar-refractivity contribution in [1.29, 1.82) is 0 Å². The molecule has 1 aliphatic heterocycles. The normalized spacial score (nSPS) is 15.1. The number of rotatable bonds is 6. The number of hydrogen-bond acceptors (Lipinski definition) is 4. The maximum absolute atomic E-state index is 13.5. The first-order valence-corrected chi connectivity index (χ1v) is 11.3. The van der Waals surface area contributed by atoms with E-state index in [1.807, 2.05) is 71.7 Å².